The summed E-state index contributed by atoms with van der Waals surface area (Å²) in [5.74, 6) is -1.07. The van der Waals surface area contributed by atoms with Crippen LogP contribution in [0, 0.1) is 13.7 Å². The molecule has 0 atom stereocenters. The number of benzene rings is 1. The van der Waals surface area contributed by atoms with Crippen LogP contribution >= 0.6 is 22.6 Å². The Morgan fingerprint density at radius 1 is 1.60 bits per heavy atom. The molecule has 0 aliphatic rings. The molecule has 1 aromatic carbocycles. The van der Waals surface area contributed by atoms with E-state index >= 15 is 0 Å². The highest BCUT2D eigenvalue weighted by atomic mass is 127. The summed E-state index contributed by atoms with van der Waals surface area (Å²) < 4.78 is 4.87. The molecule has 0 saturated heterocycles. The van der Waals surface area contributed by atoms with Crippen molar-refractivity contribution in [2.45, 2.75) is 0 Å². The van der Waals surface area contributed by atoms with E-state index in [1.54, 1.807) is 22.6 Å². The molecule has 6 nitrogen and oxygen atoms in total. The van der Waals surface area contributed by atoms with Crippen molar-refractivity contribution >= 4 is 34.2 Å². The predicted molar refractivity (Wildman–Crippen MR) is 59.3 cm³/mol. The largest absolute Gasteiger partial charge is 0.496 e. The number of methoxy groups -OCH3 is 1. The fourth-order valence-corrected chi connectivity index (χ4v) is 1.73. The Morgan fingerprint density at radius 3 is 2.60 bits per heavy atom. The molecule has 0 aromatic heterocycles. The van der Waals surface area contributed by atoms with Gasteiger partial charge in [0.25, 0.3) is 5.69 Å². The average molecular weight is 323 g/mol. The van der Waals surface area contributed by atoms with E-state index in [-0.39, 0.29) is 20.6 Å². The molecule has 0 aliphatic carbocycles. The fraction of sp³-hybridized carbons (Fsp3) is 0.125. The van der Waals surface area contributed by atoms with Crippen LogP contribution in [0.25, 0.3) is 0 Å². The lowest BCUT2D eigenvalue weighted by Gasteiger charge is -2.04. The van der Waals surface area contributed by atoms with E-state index in [1.807, 2.05) is 0 Å². The van der Waals surface area contributed by atoms with E-state index in [9.17, 15) is 14.9 Å². The molecule has 0 bridgehead atoms. The zero-order chi connectivity index (χ0) is 11.6. The van der Waals surface area contributed by atoms with Crippen LogP contribution in [0.3, 0.4) is 0 Å². The van der Waals surface area contributed by atoms with Gasteiger partial charge in [-0.15, -0.1) is 0 Å². The Kier molecular flexibility index (Phi) is 3.45. The molecule has 15 heavy (non-hydrogen) atoms. The van der Waals surface area contributed by atoms with E-state index in [1.165, 1.54) is 19.2 Å². The van der Waals surface area contributed by atoms with Crippen molar-refractivity contribution in [1.82, 2.24) is 0 Å². The summed E-state index contributed by atoms with van der Waals surface area (Å²) in [7, 11) is 1.32. The second-order valence-electron chi connectivity index (χ2n) is 2.57. The maximum Gasteiger partial charge on any atom is 0.337 e. The Balaban J connectivity index is 3.47. The number of rotatable bonds is 3. The standard InChI is InChI=1S/C8H6INO5/c1-15-4-2-5(8(11)12)7(9)6(3-4)10(13)14/h2-3H,1H3,(H,11,12). The van der Waals surface area contributed by atoms with Crippen LogP contribution in [0.4, 0.5) is 5.69 Å². The second kappa shape index (κ2) is 4.43. The Hall–Kier alpha value is -1.38. The van der Waals surface area contributed by atoms with E-state index < -0.39 is 10.9 Å². The normalized spacial score (nSPS) is 9.73. The first-order chi connectivity index (χ1) is 6.97. The van der Waals surface area contributed by atoms with Gasteiger partial charge in [0.15, 0.2) is 0 Å². The fourth-order valence-electron chi connectivity index (χ4n) is 0.990. The molecular weight excluding hydrogens is 317 g/mol. The van der Waals surface area contributed by atoms with Crippen molar-refractivity contribution in [3.8, 4) is 5.75 Å². The molecule has 0 heterocycles. The molecule has 7 heteroatoms. The lowest BCUT2D eigenvalue weighted by atomic mass is 10.2. The first-order valence-corrected chi connectivity index (χ1v) is 4.80. The number of aromatic carboxylic acids is 1. The predicted octanol–water partition coefficient (Wildman–Crippen LogP) is 1.91. The Morgan fingerprint density at radius 2 is 2.20 bits per heavy atom. The van der Waals surface area contributed by atoms with Gasteiger partial charge in [-0.05, 0) is 28.7 Å². The Labute approximate surface area is 98.1 Å². The summed E-state index contributed by atoms with van der Waals surface area (Å²) in [5, 5.41) is 19.4. The number of ether oxygens (including phenoxy) is 1. The summed E-state index contributed by atoms with van der Waals surface area (Å²) in [5.41, 5.74) is -0.408. The first kappa shape index (κ1) is 11.7. The van der Waals surface area contributed by atoms with Gasteiger partial charge in [0.05, 0.1) is 23.7 Å². The second-order valence-corrected chi connectivity index (χ2v) is 3.65. The van der Waals surface area contributed by atoms with Crippen molar-refractivity contribution in [1.29, 1.82) is 0 Å². The zero-order valence-corrected chi connectivity index (χ0v) is 9.72. The third-order valence-corrected chi connectivity index (χ3v) is 2.82. The van der Waals surface area contributed by atoms with Crippen LogP contribution in [0.1, 0.15) is 10.4 Å². The van der Waals surface area contributed by atoms with Gasteiger partial charge in [-0.25, -0.2) is 4.79 Å². The molecule has 0 saturated carbocycles. The Bertz CT molecular complexity index is 396. The summed E-state index contributed by atoms with van der Waals surface area (Å²) in [6.07, 6.45) is 0. The average Bonchev–Trinajstić information content (AvgIpc) is 2.17. The molecule has 0 amide bonds. The smallest absolute Gasteiger partial charge is 0.337 e. The number of carbonyl (C=O) groups is 1. The minimum absolute atomic E-state index is 0.0888. The van der Waals surface area contributed by atoms with Gasteiger partial charge in [0.1, 0.15) is 9.32 Å². The monoisotopic (exact) mass is 323 g/mol. The lowest BCUT2D eigenvalue weighted by molar-refractivity contribution is -0.385. The number of nitro groups is 1. The van der Waals surface area contributed by atoms with Crippen molar-refractivity contribution < 1.29 is 19.6 Å². The molecule has 1 aromatic rings. The van der Waals surface area contributed by atoms with Crippen LogP contribution in [0.5, 0.6) is 5.75 Å². The number of hydrogen-bond donors (Lipinski definition) is 1. The number of nitrogens with zero attached hydrogens (tertiary/aromatic N) is 1. The molecule has 0 aliphatic heterocycles. The minimum Gasteiger partial charge on any atom is -0.496 e. The molecular formula is C8H6INO5. The quantitative estimate of drug-likeness (QED) is 0.521. The maximum absolute atomic E-state index is 10.8. The summed E-state index contributed by atoms with van der Waals surface area (Å²) >= 11 is 1.63. The van der Waals surface area contributed by atoms with Crippen LogP contribution in [-0.2, 0) is 0 Å². The van der Waals surface area contributed by atoms with Crippen molar-refractivity contribution in [3.63, 3.8) is 0 Å². The summed E-state index contributed by atoms with van der Waals surface area (Å²) in [6.45, 7) is 0. The zero-order valence-electron chi connectivity index (χ0n) is 7.56. The highest BCUT2D eigenvalue weighted by molar-refractivity contribution is 14.1. The minimum atomic E-state index is -1.22. The highest BCUT2D eigenvalue weighted by Gasteiger charge is 2.21. The number of hydrogen-bond acceptors (Lipinski definition) is 4. The third-order valence-electron chi connectivity index (χ3n) is 1.69. The van der Waals surface area contributed by atoms with Gasteiger partial charge in [0, 0.05) is 0 Å². The van der Waals surface area contributed by atoms with Gasteiger partial charge < -0.3 is 9.84 Å². The lowest BCUT2D eigenvalue weighted by Crippen LogP contribution is -2.04. The van der Waals surface area contributed by atoms with E-state index in [2.05, 4.69) is 0 Å². The van der Waals surface area contributed by atoms with Crippen LogP contribution in [0.15, 0.2) is 12.1 Å². The number of carboxylic acids is 1. The molecule has 80 valence electrons. The number of nitro benzene ring substituents is 1. The molecule has 1 rings (SSSR count). The van der Waals surface area contributed by atoms with E-state index in [0.29, 0.717) is 0 Å². The first-order valence-electron chi connectivity index (χ1n) is 3.72. The topological polar surface area (TPSA) is 89.7 Å². The van der Waals surface area contributed by atoms with Gasteiger partial charge >= 0.3 is 5.97 Å². The molecule has 0 spiro atoms. The van der Waals surface area contributed by atoms with Gasteiger partial charge in [-0.3, -0.25) is 10.1 Å². The molecule has 0 radical (unpaired) electrons. The highest BCUT2D eigenvalue weighted by Crippen LogP contribution is 2.29. The number of carboxylic acid groups (broad SMARTS) is 1. The summed E-state index contributed by atoms with van der Waals surface area (Å²) in [6, 6.07) is 2.44. The molecule has 1 N–H and O–H groups in total. The van der Waals surface area contributed by atoms with Gasteiger partial charge in [-0.1, -0.05) is 0 Å². The maximum atomic E-state index is 10.8. The van der Waals surface area contributed by atoms with Crippen LogP contribution in [-0.4, -0.2) is 23.1 Å². The van der Waals surface area contributed by atoms with Crippen LogP contribution < -0.4 is 4.74 Å². The van der Waals surface area contributed by atoms with Crippen molar-refractivity contribution in [2.24, 2.45) is 0 Å². The SMILES string of the molecule is COc1cc(C(=O)O)c(I)c([N+](=O)[O-])c1. The van der Waals surface area contributed by atoms with Gasteiger partial charge in [0.2, 0.25) is 0 Å². The van der Waals surface area contributed by atoms with Crippen LogP contribution in [0.2, 0.25) is 0 Å². The van der Waals surface area contributed by atoms with Gasteiger partial charge in [-0.2, -0.15) is 0 Å². The van der Waals surface area contributed by atoms with E-state index in [4.69, 9.17) is 9.84 Å². The molecule has 0 fully saturated rings. The van der Waals surface area contributed by atoms with Crippen molar-refractivity contribution in [3.05, 3.63) is 31.4 Å². The molecule has 0 unspecified atom stereocenters. The van der Waals surface area contributed by atoms with Crippen molar-refractivity contribution in [2.75, 3.05) is 7.11 Å². The van der Waals surface area contributed by atoms with E-state index in [0.717, 1.165) is 0 Å². The number of halogens is 1. The third kappa shape index (κ3) is 2.35. The summed E-state index contributed by atoms with van der Waals surface area (Å²) in [4.78, 5) is 20.8.